The van der Waals surface area contributed by atoms with Crippen molar-refractivity contribution in [2.45, 2.75) is 39.2 Å². The molecule has 0 bridgehead atoms. The van der Waals surface area contributed by atoms with Crippen molar-refractivity contribution in [2.24, 2.45) is 11.8 Å². The second kappa shape index (κ2) is 6.36. The Kier molecular flexibility index (Phi) is 5.02. The quantitative estimate of drug-likeness (QED) is 0.796. The lowest BCUT2D eigenvalue weighted by Crippen LogP contribution is -2.30. The molecule has 4 heteroatoms. The topological polar surface area (TPSA) is 21.3 Å². The van der Waals surface area contributed by atoms with Crippen LogP contribution in [0.15, 0.2) is 16.6 Å². The summed E-state index contributed by atoms with van der Waals surface area (Å²) in [7, 11) is 1.69. The number of benzene rings is 1. The van der Waals surface area contributed by atoms with Gasteiger partial charge in [0.1, 0.15) is 0 Å². The van der Waals surface area contributed by atoms with Crippen molar-refractivity contribution < 1.29 is 4.74 Å². The summed E-state index contributed by atoms with van der Waals surface area (Å²) in [6.07, 6.45) is 3.69. The number of methoxy groups -OCH3 is 1. The summed E-state index contributed by atoms with van der Waals surface area (Å²) in [6.45, 7) is 4.68. The molecule has 19 heavy (non-hydrogen) atoms. The SMILES string of the molecule is COc1c(Br)cc(Cl)cc1NC1CCC(C)C(C)C1. The standard InChI is InChI=1S/C15H21BrClNO/c1-9-4-5-12(6-10(9)2)18-14-8-11(17)7-13(16)15(14)19-3/h7-10,12,18H,4-6H2,1-3H3. The molecule has 1 N–H and O–H groups in total. The highest BCUT2D eigenvalue weighted by atomic mass is 79.9. The number of nitrogens with one attached hydrogen (secondary N) is 1. The van der Waals surface area contributed by atoms with Gasteiger partial charge in [-0.15, -0.1) is 0 Å². The summed E-state index contributed by atoms with van der Waals surface area (Å²) in [5, 5.41) is 4.31. The molecular formula is C15H21BrClNO. The number of anilines is 1. The van der Waals surface area contributed by atoms with Crippen molar-refractivity contribution in [3.05, 3.63) is 21.6 Å². The van der Waals surface area contributed by atoms with E-state index in [9.17, 15) is 0 Å². The molecule has 0 saturated heterocycles. The fourth-order valence-electron chi connectivity index (χ4n) is 2.77. The first-order valence-corrected chi connectivity index (χ1v) is 7.98. The van der Waals surface area contributed by atoms with Gasteiger partial charge in [-0.2, -0.15) is 0 Å². The van der Waals surface area contributed by atoms with E-state index in [4.69, 9.17) is 16.3 Å². The highest BCUT2D eigenvalue weighted by molar-refractivity contribution is 9.10. The van der Waals surface area contributed by atoms with E-state index in [1.165, 1.54) is 19.3 Å². The molecule has 3 atom stereocenters. The van der Waals surface area contributed by atoms with Gasteiger partial charge >= 0.3 is 0 Å². The van der Waals surface area contributed by atoms with Crippen LogP contribution in [0.2, 0.25) is 5.02 Å². The lowest BCUT2D eigenvalue weighted by molar-refractivity contribution is 0.260. The summed E-state index contributed by atoms with van der Waals surface area (Å²) in [6, 6.07) is 4.30. The Balaban J connectivity index is 2.15. The first-order chi connectivity index (χ1) is 9.01. The zero-order chi connectivity index (χ0) is 14.0. The second-order valence-corrected chi connectivity index (χ2v) is 6.87. The number of ether oxygens (including phenoxy) is 1. The molecule has 0 amide bonds. The lowest BCUT2D eigenvalue weighted by atomic mass is 9.79. The minimum absolute atomic E-state index is 0.505. The third-order valence-electron chi connectivity index (χ3n) is 4.17. The number of halogens is 2. The van der Waals surface area contributed by atoms with Gasteiger partial charge in [-0.05, 0) is 59.2 Å². The van der Waals surface area contributed by atoms with Gasteiger partial charge in [-0.3, -0.25) is 0 Å². The van der Waals surface area contributed by atoms with E-state index in [1.54, 1.807) is 7.11 Å². The van der Waals surface area contributed by atoms with Gasteiger partial charge in [-0.25, -0.2) is 0 Å². The number of hydrogen-bond acceptors (Lipinski definition) is 2. The van der Waals surface area contributed by atoms with Crippen LogP contribution in [0.3, 0.4) is 0 Å². The molecular weight excluding hydrogens is 326 g/mol. The molecule has 0 aliphatic heterocycles. The van der Waals surface area contributed by atoms with Gasteiger partial charge < -0.3 is 10.1 Å². The average Bonchev–Trinajstić information content (AvgIpc) is 2.33. The molecule has 2 nitrogen and oxygen atoms in total. The van der Waals surface area contributed by atoms with Crippen LogP contribution in [-0.2, 0) is 0 Å². The van der Waals surface area contributed by atoms with E-state index in [2.05, 4.69) is 35.1 Å². The first-order valence-electron chi connectivity index (χ1n) is 6.80. The van der Waals surface area contributed by atoms with Crippen molar-refractivity contribution in [3.8, 4) is 5.75 Å². The van der Waals surface area contributed by atoms with Crippen LogP contribution in [0.5, 0.6) is 5.75 Å². The van der Waals surface area contributed by atoms with Crippen LogP contribution in [0.25, 0.3) is 0 Å². The zero-order valence-corrected chi connectivity index (χ0v) is 14.0. The van der Waals surface area contributed by atoms with E-state index in [-0.39, 0.29) is 0 Å². The molecule has 1 aliphatic rings. The zero-order valence-electron chi connectivity index (χ0n) is 11.7. The molecule has 0 aromatic heterocycles. The van der Waals surface area contributed by atoms with Crippen molar-refractivity contribution in [1.29, 1.82) is 0 Å². The molecule has 1 aromatic carbocycles. The third-order valence-corrected chi connectivity index (χ3v) is 4.98. The van der Waals surface area contributed by atoms with Crippen molar-refractivity contribution >= 4 is 33.2 Å². The van der Waals surface area contributed by atoms with E-state index >= 15 is 0 Å². The van der Waals surface area contributed by atoms with Gasteiger partial charge in [0.2, 0.25) is 0 Å². The van der Waals surface area contributed by atoms with Gasteiger partial charge in [0.15, 0.2) is 5.75 Å². The van der Waals surface area contributed by atoms with Gasteiger partial charge in [-0.1, -0.05) is 25.4 Å². The predicted octanol–water partition coefficient (Wildman–Crippen LogP) is 5.35. The summed E-state index contributed by atoms with van der Waals surface area (Å²) in [5.74, 6) is 2.42. The molecule has 1 fully saturated rings. The monoisotopic (exact) mass is 345 g/mol. The summed E-state index contributed by atoms with van der Waals surface area (Å²) in [5.41, 5.74) is 0.980. The highest BCUT2D eigenvalue weighted by Crippen LogP contribution is 2.38. The Hall–Kier alpha value is -0.410. The largest absolute Gasteiger partial charge is 0.493 e. The Labute approximate surface area is 129 Å². The maximum Gasteiger partial charge on any atom is 0.156 e. The molecule has 0 spiro atoms. The van der Waals surface area contributed by atoms with Gasteiger partial charge in [0.25, 0.3) is 0 Å². The van der Waals surface area contributed by atoms with Gasteiger partial charge in [0, 0.05) is 11.1 Å². The Morgan fingerprint density at radius 3 is 2.63 bits per heavy atom. The maximum atomic E-state index is 6.12. The molecule has 1 saturated carbocycles. The minimum atomic E-state index is 0.505. The van der Waals surface area contributed by atoms with Crippen molar-refractivity contribution in [3.63, 3.8) is 0 Å². The highest BCUT2D eigenvalue weighted by Gasteiger charge is 2.25. The van der Waals surface area contributed by atoms with Crippen LogP contribution in [0.1, 0.15) is 33.1 Å². The third kappa shape index (κ3) is 3.57. The number of hydrogen-bond donors (Lipinski definition) is 1. The first kappa shape index (κ1) is 15.0. The summed E-state index contributed by atoms with van der Waals surface area (Å²) >= 11 is 9.62. The van der Waals surface area contributed by atoms with E-state index in [0.29, 0.717) is 11.1 Å². The summed E-state index contributed by atoms with van der Waals surface area (Å²) in [4.78, 5) is 0. The maximum absolute atomic E-state index is 6.12. The van der Waals surface area contributed by atoms with Crippen LogP contribution in [-0.4, -0.2) is 13.2 Å². The number of rotatable bonds is 3. The smallest absolute Gasteiger partial charge is 0.156 e. The van der Waals surface area contributed by atoms with Crippen LogP contribution < -0.4 is 10.1 Å². The van der Waals surface area contributed by atoms with Crippen LogP contribution in [0.4, 0.5) is 5.69 Å². The Morgan fingerprint density at radius 2 is 2.00 bits per heavy atom. The molecule has 106 valence electrons. The van der Waals surface area contributed by atoms with Gasteiger partial charge in [0.05, 0.1) is 17.3 Å². The van der Waals surface area contributed by atoms with Crippen molar-refractivity contribution in [1.82, 2.24) is 0 Å². The Bertz CT molecular complexity index is 452. The molecule has 2 rings (SSSR count). The fourth-order valence-corrected chi connectivity index (χ4v) is 3.75. The van der Waals surface area contributed by atoms with Crippen LogP contribution in [0, 0.1) is 11.8 Å². The molecule has 0 heterocycles. The van der Waals surface area contributed by atoms with Crippen molar-refractivity contribution in [2.75, 3.05) is 12.4 Å². The molecule has 1 aliphatic carbocycles. The van der Waals surface area contributed by atoms with E-state index in [0.717, 1.165) is 27.7 Å². The second-order valence-electron chi connectivity index (χ2n) is 5.58. The summed E-state index contributed by atoms with van der Waals surface area (Å²) < 4.78 is 6.34. The van der Waals surface area contributed by atoms with Crippen LogP contribution >= 0.6 is 27.5 Å². The van der Waals surface area contributed by atoms with E-state index < -0.39 is 0 Å². The lowest BCUT2D eigenvalue weighted by Gasteiger charge is -2.33. The fraction of sp³-hybridized carbons (Fsp3) is 0.600. The molecule has 3 unspecified atom stereocenters. The average molecular weight is 347 g/mol. The molecule has 1 aromatic rings. The normalized spacial score (nSPS) is 27.1. The van der Waals surface area contributed by atoms with E-state index in [1.807, 2.05) is 12.1 Å². The molecule has 0 radical (unpaired) electrons. The Morgan fingerprint density at radius 1 is 1.26 bits per heavy atom. The minimum Gasteiger partial charge on any atom is -0.493 e. The predicted molar refractivity (Wildman–Crippen MR) is 85.3 cm³/mol.